The number of amides is 2. The molecule has 0 aliphatic heterocycles. The molecular weight excluding hydrogens is 520 g/mol. The van der Waals surface area contributed by atoms with Gasteiger partial charge in [-0.2, -0.15) is 10.2 Å². The molecule has 0 radical (unpaired) electrons. The van der Waals surface area contributed by atoms with Gasteiger partial charge >= 0.3 is 0 Å². The monoisotopic (exact) mass is 548 g/mol. The summed E-state index contributed by atoms with van der Waals surface area (Å²) in [5.74, 6) is 2.38. The van der Waals surface area contributed by atoms with Crippen molar-refractivity contribution in [1.82, 2.24) is 29.7 Å². The first-order valence-corrected chi connectivity index (χ1v) is 12.8. The average molecular weight is 549 g/mol. The number of hydrogen-bond donors (Lipinski definition) is 3. The molecule has 3 aromatic heterocycles. The molecule has 2 amide bonds. The molecule has 0 aliphatic rings. The molecule has 206 valence electrons. The molecule has 3 N–H and O–H groups in total. The van der Waals surface area contributed by atoms with Gasteiger partial charge in [-0.05, 0) is 61.4 Å². The van der Waals surface area contributed by atoms with Gasteiger partial charge in [0, 0.05) is 42.6 Å². The van der Waals surface area contributed by atoms with E-state index < -0.39 is 6.04 Å². The van der Waals surface area contributed by atoms with E-state index in [-0.39, 0.29) is 18.4 Å². The second kappa shape index (κ2) is 11.7. The molecule has 3 heterocycles. The molecule has 5 aromatic rings. The van der Waals surface area contributed by atoms with Crippen LogP contribution in [0.3, 0.4) is 0 Å². The number of nitrogens with one attached hydrogen (secondary N) is 3. The number of fused-ring (bicyclic) bond motifs is 1. The number of carbonyl (C=O) groups excluding carboxylic acids is 2. The van der Waals surface area contributed by atoms with Gasteiger partial charge in [-0.25, -0.2) is 14.2 Å². The predicted octanol–water partition coefficient (Wildman–Crippen LogP) is 3.91. The van der Waals surface area contributed by atoms with E-state index in [4.69, 9.17) is 11.2 Å². The highest BCUT2D eigenvalue weighted by Gasteiger charge is 2.20. The lowest BCUT2D eigenvalue weighted by Crippen LogP contribution is -2.37. The van der Waals surface area contributed by atoms with Crippen LogP contribution in [0.5, 0.6) is 0 Å². The molecule has 0 fully saturated rings. The molecule has 41 heavy (non-hydrogen) atoms. The van der Waals surface area contributed by atoms with E-state index in [0.717, 1.165) is 11.3 Å². The van der Waals surface area contributed by atoms with Gasteiger partial charge in [-0.1, -0.05) is 18.1 Å². The fraction of sp³-hybridized carbons (Fsp3) is 0.167. The van der Waals surface area contributed by atoms with E-state index >= 15 is 0 Å². The molecule has 0 spiro atoms. The lowest BCUT2D eigenvalue weighted by atomic mass is 10.1. The number of benzene rings is 2. The molecule has 0 bridgehead atoms. The second-order valence-electron chi connectivity index (χ2n) is 9.33. The number of carbonyl (C=O) groups is 2. The van der Waals surface area contributed by atoms with Crippen molar-refractivity contribution in [2.45, 2.75) is 19.9 Å². The van der Waals surface area contributed by atoms with Crippen LogP contribution in [-0.4, -0.2) is 56.0 Å². The third-order valence-electron chi connectivity index (χ3n) is 6.54. The van der Waals surface area contributed by atoms with Gasteiger partial charge in [-0.3, -0.25) is 9.59 Å². The van der Waals surface area contributed by atoms with Crippen molar-refractivity contribution in [3.63, 3.8) is 0 Å². The highest BCUT2D eigenvalue weighted by Crippen LogP contribution is 2.28. The van der Waals surface area contributed by atoms with Gasteiger partial charge in [0.2, 0.25) is 0 Å². The predicted molar refractivity (Wildman–Crippen MR) is 156 cm³/mol. The second-order valence-corrected chi connectivity index (χ2v) is 9.33. The van der Waals surface area contributed by atoms with Gasteiger partial charge < -0.3 is 20.7 Å². The van der Waals surface area contributed by atoms with E-state index in [1.165, 1.54) is 13.4 Å². The van der Waals surface area contributed by atoms with Gasteiger partial charge in [0.1, 0.15) is 17.9 Å². The number of hydrogen-bond acceptors (Lipinski definition) is 7. The van der Waals surface area contributed by atoms with Crippen LogP contribution in [-0.2, 0) is 4.74 Å². The summed E-state index contributed by atoms with van der Waals surface area (Å²) < 4.78 is 8.37. The third kappa shape index (κ3) is 5.78. The maximum atomic E-state index is 13.2. The summed E-state index contributed by atoms with van der Waals surface area (Å²) in [6.45, 7) is 3.93. The van der Waals surface area contributed by atoms with Crippen LogP contribution in [0, 0.1) is 26.2 Å². The fourth-order valence-corrected chi connectivity index (χ4v) is 4.39. The minimum atomic E-state index is -0.567. The minimum absolute atomic E-state index is 0.195. The topological polar surface area (TPSA) is 127 Å². The fourth-order valence-electron chi connectivity index (χ4n) is 4.39. The van der Waals surface area contributed by atoms with Gasteiger partial charge in [0.05, 0.1) is 17.9 Å². The number of aromatic nitrogens is 5. The number of methoxy groups -OCH3 is 1. The Bertz CT molecular complexity index is 1770. The Morgan fingerprint density at radius 3 is 2.71 bits per heavy atom. The van der Waals surface area contributed by atoms with Gasteiger partial charge in [-0.15, -0.1) is 6.42 Å². The van der Waals surface area contributed by atoms with Crippen molar-refractivity contribution in [3.8, 4) is 18.0 Å². The largest absolute Gasteiger partial charge is 0.382 e. The SMILES string of the molecule is C#CC(COC)NC(=O)c1cn2ncnc(Nc3cc(C(=O)Nc4cccc(-n5cccn5)c4)ccc3C)c2c1C. The van der Waals surface area contributed by atoms with Gasteiger partial charge in [0.25, 0.3) is 11.8 Å². The lowest BCUT2D eigenvalue weighted by Gasteiger charge is -2.13. The Morgan fingerprint density at radius 2 is 1.95 bits per heavy atom. The summed E-state index contributed by atoms with van der Waals surface area (Å²) in [5.41, 5.74) is 5.21. The highest BCUT2D eigenvalue weighted by atomic mass is 16.5. The minimum Gasteiger partial charge on any atom is -0.382 e. The number of aryl methyl sites for hydroxylation is 2. The van der Waals surface area contributed by atoms with Crippen LogP contribution in [0.25, 0.3) is 11.2 Å². The summed E-state index contributed by atoms with van der Waals surface area (Å²) in [7, 11) is 1.52. The van der Waals surface area contributed by atoms with Crippen molar-refractivity contribution in [3.05, 3.63) is 95.7 Å². The number of rotatable bonds is 9. The smallest absolute Gasteiger partial charge is 0.255 e. The first-order chi connectivity index (χ1) is 19.9. The van der Waals surface area contributed by atoms with Crippen molar-refractivity contribution in [2.24, 2.45) is 0 Å². The Hall–Kier alpha value is -5.47. The molecule has 0 saturated heterocycles. The molecule has 1 atom stereocenters. The van der Waals surface area contributed by atoms with Crippen LogP contribution < -0.4 is 16.0 Å². The Kier molecular flexibility index (Phi) is 7.76. The van der Waals surface area contributed by atoms with Crippen molar-refractivity contribution in [1.29, 1.82) is 0 Å². The van der Waals surface area contributed by atoms with Crippen molar-refractivity contribution < 1.29 is 14.3 Å². The number of anilines is 3. The zero-order valence-electron chi connectivity index (χ0n) is 22.8. The first kappa shape index (κ1) is 27.1. The first-order valence-electron chi connectivity index (χ1n) is 12.8. The summed E-state index contributed by atoms with van der Waals surface area (Å²) in [6, 6.07) is 14.1. The summed E-state index contributed by atoms with van der Waals surface area (Å²) in [5, 5.41) is 17.6. The molecule has 5 rings (SSSR count). The highest BCUT2D eigenvalue weighted by molar-refractivity contribution is 6.05. The zero-order chi connectivity index (χ0) is 28.9. The van der Waals surface area contributed by atoms with Crippen LogP contribution in [0.15, 0.2) is 73.4 Å². The van der Waals surface area contributed by atoms with Crippen molar-refractivity contribution in [2.75, 3.05) is 24.4 Å². The summed E-state index contributed by atoms with van der Waals surface area (Å²) in [6.07, 6.45) is 12.1. The Labute approximate surface area is 236 Å². The van der Waals surface area contributed by atoms with Crippen LogP contribution in [0.4, 0.5) is 17.2 Å². The van der Waals surface area contributed by atoms with E-state index in [9.17, 15) is 9.59 Å². The maximum Gasteiger partial charge on any atom is 0.255 e. The maximum absolute atomic E-state index is 13.2. The van der Waals surface area contributed by atoms with Crippen LogP contribution in [0.1, 0.15) is 31.8 Å². The zero-order valence-corrected chi connectivity index (χ0v) is 22.8. The standard InChI is InChI=1S/C30H28N8O3/c1-5-22(17-41-4)34-30(40)25-16-38-27(20(25)3)28(31-18-33-38)36-26-14-21(11-10-19(26)2)29(39)35-23-8-6-9-24(15-23)37-13-7-12-32-37/h1,6-16,18,22H,17H2,2-4H3,(H,34,40)(H,35,39)(H,31,33,36). The van der Waals surface area contributed by atoms with Crippen LogP contribution >= 0.6 is 0 Å². The van der Waals surface area contributed by atoms with E-state index in [0.29, 0.717) is 39.4 Å². The van der Waals surface area contributed by atoms with E-state index in [1.54, 1.807) is 33.7 Å². The van der Waals surface area contributed by atoms with E-state index in [2.05, 4.69) is 37.1 Å². The van der Waals surface area contributed by atoms with Crippen LogP contribution in [0.2, 0.25) is 0 Å². The normalized spacial score (nSPS) is 11.6. The quantitative estimate of drug-likeness (QED) is 0.238. The average Bonchev–Trinajstić information content (AvgIpc) is 3.63. The molecule has 2 aromatic carbocycles. The van der Waals surface area contributed by atoms with E-state index in [1.807, 2.05) is 56.4 Å². The van der Waals surface area contributed by atoms with Crippen molar-refractivity contribution >= 4 is 34.5 Å². The molecule has 11 heteroatoms. The van der Waals surface area contributed by atoms with Gasteiger partial charge in [0.15, 0.2) is 5.82 Å². The lowest BCUT2D eigenvalue weighted by molar-refractivity contribution is 0.0918. The summed E-state index contributed by atoms with van der Waals surface area (Å²) in [4.78, 5) is 30.6. The molecule has 1 unspecified atom stereocenters. The Morgan fingerprint density at radius 1 is 1.10 bits per heavy atom. The molecule has 0 aliphatic carbocycles. The summed E-state index contributed by atoms with van der Waals surface area (Å²) >= 11 is 0. The Balaban J connectivity index is 1.39. The number of terminal acetylenes is 1. The number of ether oxygens (including phenoxy) is 1. The number of nitrogens with zero attached hydrogens (tertiary/aromatic N) is 5. The molecular formula is C30H28N8O3. The molecule has 11 nitrogen and oxygen atoms in total. The third-order valence-corrected chi connectivity index (χ3v) is 6.54. The molecule has 0 saturated carbocycles.